The molecule has 1 heterocycles. The van der Waals surface area contributed by atoms with Gasteiger partial charge in [-0.15, -0.1) is 0 Å². The first-order chi connectivity index (χ1) is 11.5. The van der Waals surface area contributed by atoms with Crippen molar-refractivity contribution in [2.45, 2.75) is 45.6 Å². The summed E-state index contributed by atoms with van der Waals surface area (Å²) in [6, 6.07) is 14.9. The average Bonchev–Trinajstić information content (AvgIpc) is 3.43. The number of fused-ring (bicyclic) bond motifs is 1. The van der Waals surface area contributed by atoms with Crippen LogP contribution in [0.3, 0.4) is 0 Å². The second-order valence-corrected chi connectivity index (χ2v) is 7.18. The molecule has 0 saturated carbocycles. The standard InChI is InChI=1S/C21H26O3/c1-4-21(3,20(22)24-14-19-13-23-19)12-15(2)17-10-9-16-7-5-6-8-18(16)11-17/h5-11,15,19H,4,12-14H2,1-3H3. The Labute approximate surface area is 144 Å². The Bertz CT molecular complexity index is 720. The van der Waals surface area contributed by atoms with Crippen LogP contribution in [-0.2, 0) is 14.3 Å². The predicted octanol–water partition coefficient (Wildman–Crippen LogP) is 4.69. The number of hydrogen-bond donors (Lipinski definition) is 0. The molecule has 0 bridgehead atoms. The fourth-order valence-corrected chi connectivity index (χ4v) is 3.19. The van der Waals surface area contributed by atoms with Crippen molar-refractivity contribution >= 4 is 16.7 Å². The van der Waals surface area contributed by atoms with E-state index in [9.17, 15) is 4.79 Å². The maximum absolute atomic E-state index is 12.5. The molecule has 24 heavy (non-hydrogen) atoms. The van der Waals surface area contributed by atoms with Crippen molar-refractivity contribution < 1.29 is 14.3 Å². The normalized spacial score (nSPS) is 20.4. The molecule has 0 aliphatic carbocycles. The van der Waals surface area contributed by atoms with E-state index in [0.29, 0.717) is 19.1 Å². The van der Waals surface area contributed by atoms with Gasteiger partial charge in [0.25, 0.3) is 0 Å². The first kappa shape index (κ1) is 17.0. The Balaban J connectivity index is 1.71. The van der Waals surface area contributed by atoms with E-state index in [1.54, 1.807) is 0 Å². The molecule has 1 aliphatic heterocycles. The van der Waals surface area contributed by atoms with E-state index in [1.165, 1.54) is 16.3 Å². The van der Waals surface area contributed by atoms with Crippen molar-refractivity contribution in [2.75, 3.05) is 13.2 Å². The van der Waals surface area contributed by atoms with E-state index < -0.39 is 5.41 Å². The van der Waals surface area contributed by atoms with Crippen LogP contribution in [0.5, 0.6) is 0 Å². The summed E-state index contributed by atoms with van der Waals surface area (Å²) in [5.74, 6) is 0.192. The molecular weight excluding hydrogens is 300 g/mol. The van der Waals surface area contributed by atoms with Crippen molar-refractivity contribution in [2.24, 2.45) is 5.41 Å². The van der Waals surface area contributed by atoms with Gasteiger partial charge in [0.1, 0.15) is 12.7 Å². The number of esters is 1. The lowest BCUT2D eigenvalue weighted by atomic mass is 9.77. The second kappa shape index (κ2) is 6.94. The Morgan fingerprint density at radius 2 is 2.00 bits per heavy atom. The number of benzene rings is 2. The number of ether oxygens (including phenoxy) is 2. The predicted molar refractivity (Wildman–Crippen MR) is 96.1 cm³/mol. The SMILES string of the molecule is CCC(C)(CC(C)c1ccc2ccccc2c1)C(=O)OCC1CO1. The summed E-state index contributed by atoms with van der Waals surface area (Å²) in [7, 11) is 0. The molecule has 0 aromatic heterocycles. The van der Waals surface area contributed by atoms with Crippen LogP contribution in [0.15, 0.2) is 42.5 Å². The van der Waals surface area contributed by atoms with E-state index >= 15 is 0 Å². The molecule has 0 radical (unpaired) electrons. The van der Waals surface area contributed by atoms with E-state index in [0.717, 1.165) is 12.8 Å². The van der Waals surface area contributed by atoms with Gasteiger partial charge in [0.2, 0.25) is 0 Å². The van der Waals surface area contributed by atoms with E-state index in [1.807, 2.05) is 6.92 Å². The van der Waals surface area contributed by atoms with Crippen molar-refractivity contribution in [1.82, 2.24) is 0 Å². The summed E-state index contributed by atoms with van der Waals surface area (Å²) in [6.45, 7) is 7.36. The topological polar surface area (TPSA) is 38.8 Å². The van der Waals surface area contributed by atoms with Gasteiger partial charge in [0.15, 0.2) is 0 Å². The van der Waals surface area contributed by atoms with Crippen LogP contribution < -0.4 is 0 Å². The third-order valence-corrected chi connectivity index (χ3v) is 5.18. The summed E-state index contributed by atoms with van der Waals surface area (Å²) in [5.41, 5.74) is 0.812. The van der Waals surface area contributed by atoms with Gasteiger partial charge in [-0.3, -0.25) is 4.79 Å². The Kier molecular flexibility index (Phi) is 4.91. The molecule has 3 unspecified atom stereocenters. The van der Waals surface area contributed by atoms with Gasteiger partial charge < -0.3 is 9.47 Å². The lowest BCUT2D eigenvalue weighted by Crippen LogP contribution is -2.31. The molecule has 128 valence electrons. The molecule has 2 aromatic rings. The highest BCUT2D eigenvalue weighted by Crippen LogP contribution is 2.36. The number of hydrogen-bond acceptors (Lipinski definition) is 3. The molecular formula is C21H26O3. The van der Waals surface area contributed by atoms with Crippen LogP contribution >= 0.6 is 0 Å². The molecule has 3 rings (SSSR count). The zero-order valence-corrected chi connectivity index (χ0v) is 14.7. The van der Waals surface area contributed by atoms with E-state index in [-0.39, 0.29) is 12.1 Å². The number of carbonyl (C=O) groups is 1. The van der Waals surface area contributed by atoms with Gasteiger partial charge in [0.05, 0.1) is 12.0 Å². The molecule has 1 saturated heterocycles. The Morgan fingerprint density at radius 1 is 1.29 bits per heavy atom. The molecule has 0 spiro atoms. The van der Waals surface area contributed by atoms with Gasteiger partial charge in [-0.1, -0.05) is 56.3 Å². The van der Waals surface area contributed by atoms with Crippen molar-refractivity contribution in [3.8, 4) is 0 Å². The van der Waals surface area contributed by atoms with Gasteiger partial charge in [0, 0.05) is 0 Å². The van der Waals surface area contributed by atoms with Gasteiger partial charge in [-0.05, 0) is 42.0 Å². The van der Waals surface area contributed by atoms with Gasteiger partial charge >= 0.3 is 5.97 Å². The van der Waals surface area contributed by atoms with Crippen LogP contribution in [-0.4, -0.2) is 25.3 Å². The third kappa shape index (κ3) is 3.78. The average molecular weight is 326 g/mol. The van der Waals surface area contributed by atoms with Gasteiger partial charge in [-0.25, -0.2) is 0 Å². The number of rotatable bonds is 7. The zero-order chi connectivity index (χ0) is 17.2. The Hall–Kier alpha value is -1.87. The summed E-state index contributed by atoms with van der Waals surface area (Å²) < 4.78 is 10.6. The van der Waals surface area contributed by atoms with Crippen LogP contribution in [0.2, 0.25) is 0 Å². The van der Waals surface area contributed by atoms with Crippen LogP contribution in [0.25, 0.3) is 10.8 Å². The fourth-order valence-electron chi connectivity index (χ4n) is 3.19. The van der Waals surface area contributed by atoms with Crippen molar-refractivity contribution in [3.63, 3.8) is 0 Å². The Morgan fingerprint density at radius 3 is 2.67 bits per heavy atom. The molecule has 0 amide bonds. The minimum atomic E-state index is -0.458. The number of carbonyl (C=O) groups excluding carboxylic acids is 1. The lowest BCUT2D eigenvalue weighted by Gasteiger charge is -2.29. The highest BCUT2D eigenvalue weighted by Gasteiger charge is 2.36. The highest BCUT2D eigenvalue weighted by atomic mass is 16.6. The lowest BCUT2D eigenvalue weighted by molar-refractivity contribution is -0.156. The largest absolute Gasteiger partial charge is 0.462 e. The molecule has 0 N–H and O–H groups in total. The molecule has 3 heteroatoms. The smallest absolute Gasteiger partial charge is 0.311 e. The van der Waals surface area contributed by atoms with E-state index in [4.69, 9.17) is 9.47 Å². The van der Waals surface area contributed by atoms with Gasteiger partial charge in [-0.2, -0.15) is 0 Å². The fraction of sp³-hybridized carbons (Fsp3) is 0.476. The molecule has 1 fully saturated rings. The third-order valence-electron chi connectivity index (χ3n) is 5.18. The van der Waals surface area contributed by atoms with Crippen LogP contribution in [0.4, 0.5) is 0 Å². The molecule has 3 atom stereocenters. The van der Waals surface area contributed by atoms with Crippen LogP contribution in [0, 0.1) is 5.41 Å². The maximum atomic E-state index is 12.5. The summed E-state index contributed by atoms with van der Waals surface area (Å²) in [6.07, 6.45) is 1.68. The molecule has 2 aromatic carbocycles. The van der Waals surface area contributed by atoms with Crippen LogP contribution in [0.1, 0.15) is 45.1 Å². The summed E-state index contributed by atoms with van der Waals surface area (Å²) in [4.78, 5) is 12.5. The first-order valence-corrected chi connectivity index (χ1v) is 8.79. The minimum Gasteiger partial charge on any atom is -0.462 e. The monoisotopic (exact) mass is 326 g/mol. The van der Waals surface area contributed by atoms with Crippen molar-refractivity contribution in [3.05, 3.63) is 48.0 Å². The molecule has 3 nitrogen and oxygen atoms in total. The second-order valence-electron chi connectivity index (χ2n) is 7.18. The summed E-state index contributed by atoms with van der Waals surface area (Å²) >= 11 is 0. The molecule has 1 aliphatic rings. The quantitative estimate of drug-likeness (QED) is 0.547. The van der Waals surface area contributed by atoms with E-state index in [2.05, 4.69) is 56.3 Å². The first-order valence-electron chi connectivity index (χ1n) is 8.79. The van der Waals surface area contributed by atoms with Crippen molar-refractivity contribution in [1.29, 1.82) is 0 Å². The number of epoxide rings is 1. The minimum absolute atomic E-state index is 0.104. The zero-order valence-electron chi connectivity index (χ0n) is 14.7. The highest BCUT2D eigenvalue weighted by molar-refractivity contribution is 5.83. The summed E-state index contributed by atoms with van der Waals surface area (Å²) in [5, 5.41) is 2.49. The maximum Gasteiger partial charge on any atom is 0.311 e.